The number of fused-ring (bicyclic) bond motifs is 3. The van der Waals surface area contributed by atoms with Crippen LogP contribution in [0.3, 0.4) is 0 Å². The van der Waals surface area contributed by atoms with Crippen LogP contribution < -0.4 is 10.2 Å². The molecule has 5 nitrogen and oxygen atoms in total. The Morgan fingerprint density at radius 1 is 1.04 bits per heavy atom. The van der Waals surface area contributed by atoms with E-state index < -0.39 is 5.60 Å². The van der Waals surface area contributed by atoms with E-state index in [4.69, 9.17) is 4.74 Å². The van der Waals surface area contributed by atoms with Gasteiger partial charge in [-0.15, -0.1) is 0 Å². The quantitative estimate of drug-likeness (QED) is 0.736. The van der Waals surface area contributed by atoms with Crippen molar-refractivity contribution in [2.75, 3.05) is 31.4 Å². The first-order valence-electron chi connectivity index (χ1n) is 8.38. The highest BCUT2D eigenvalue weighted by atomic mass is 16.6. The Labute approximate surface area is 148 Å². The van der Waals surface area contributed by atoms with Crippen molar-refractivity contribution in [3.05, 3.63) is 36.4 Å². The van der Waals surface area contributed by atoms with Gasteiger partial charge in [0.1, 0.15) is 5.60 Å². The molecule has 25 heavy (non-hydrogen) atoms. The molecule has 0 aliphatic carbocycles. The zero-order chi connectivity index (χ0) is 18.4. The van der Waals surface area contributed by atoms with Crippen molar-refractivity contribution in [2.24, 2.45) is 0 Å². The van der Waals surface area contributed by atoms with E-state index in [1.165, 1.54) is 0 Å². The van der Waals surface area contributed by atoms with Crippen molar-refractivity contribution < 1.29 is 9.53 Å². The Kier molecular flexibility index (Phi) is 4.11. The van der Waals surface area contributed by atoms with Crippen molar-refractivity contribution in [2.45, 2.75) is 26.4 Å². The van der Waals surface area contributed by atoms with Crippen LogP contribution in [0.15, 0.2) is 36.4 Å². The minimum absolute atomic E-state index is 0.364. The third-order valence-electron chi connectivity index (χ3n) is 4.13. The summed E-state index contributed by atoms with van der Waals surface area (Å²) in [5.74, 6) is 0. The third kappa shape index (κ3) is 3.14. The zero-order valence-corrected chi connectivity index (χ0v) is 15.7. The lowest BCUT2D eigenvalue weighted by molar-refractivity contribution is 0.0551. The van der Waals surface area contributed by atoms with E-state index in [9.17, 15) is 4.79 Å². The molecule has 0 bridgehead atoms. The van der Waals surface area contributed by atoms with Crippen molar-refractivity contribution in [1.82, 2.24) is 4.57 Å². The molecule has 0 amide bonds. The number of ether oxygens (including phenoxy) is 1. The molecule has 132 valence electrons. The molecule has 2 aromatic carbocycles. The minimum Gasteiger partial charge on any atom is -0.443 e. The molecular weight excluding hydrogens is 314 g/mol. The highest BCUT2D eigenvalue weighted by Crippen LogP contribution is 2.33. The van der Waals surface area contributed by atoms with E-state index in [-0.39, 0.29) is 6.09 Å². The van der Waals surface area contributed by atoms with Gasteiger partial charge in [0.15, 0.2) is 0 Å². The molecular formula is C20H25N3O2. The maximum Gasteiger partial charge on any atom is 0.419 e. The van der Waals surface area contributed by atoms with E-state index in [2.05, 4.69) is 17.4 Å². The number of hydrogen-bond donors (Lipinski definition) is 1. The minimum atomic E-state index is -0.556. The summed E-state index contributed by atoms with van der Waals surface area (Å²) in [5, 5.41) is 5.20. The van der Waals surface area contributed by atoms with Gasteiger partial charge >= 0.3 is 6.09 Å². The zero-order valence-electron chi connectivity index (χ0n) is 15.7. The standard InChI is InChI=1S/C20H25N3O2/c1-20(2,3)25-19(24)23-17-11-13(21-4)7-9-15(17)16-10-8-14(22(5)6)12-18(16)23/h7-12,21H,1-6H3. The number of nitrogens with one attached hydrogen (secondary N) is 1. The summed E-state index contributed by atoms with van der Waals surface area (Å²) in [6.07, 6.45) is -0.364. The van der Waals surface area contributed by atoms with Crippen LogP contribution in [0.4, 0.5) is 16.2 Å². The molecule has 0 atom stereocenters. The van der Waals surface area contributed by atoms with Crippen molar-refractivity contribution in [1.29, 1.82) is 0 Å². The molecule has 1 heterocycles. The van der Waals surface area contributed by atoms with Gasteiger partial charge in [0, 0.05) is 43.3 Å². The topological polar surface area (TPSA) is 46.5 Å². The van der Waals surface area contributed by atoms with Gasteiger partial charge in [0.25, 0.3) is 0 Å². The molecule has 1 N–H and O–H groups in total. The van der Waals surface area contributed by atoms with Crippen molar-refractivity contribution in [3.63, 3.8) is 0 Å². The second-order valence-corrected chi connectivity index (χ2v) is 7.39. The Balaban J connectivity index is 2.34. The molecule has 3 rings (SSSR count). The SMILES string of the molecule is CNc1ccc2c3ccc(N(C)C)cc3n(C(=O)OC(C)(C)C)c2c1. The van der Waals surface area contributed by atoms with E-state index in [1.807, 2.05) is 71.1 Å². The summed E-state index contributed by atoms with van der Waals surface area (Å²) in [4.78, 5) is 15.0. The number of anilines is 2. The van der Waals surface area contributed by atoms with Crippen LogP contribution >= 0.6 is 0 Å². The summed E-state index contributed by atoms with van der Waals surface area (Å²) in [6, 6.07) is 12.2. The number of aromatic nitrogens is 1. The van der Waals surface area contributed by atoms with Crippen LogP contribution in [0, 0.1) is 0 Å². The maximum atomic E-state index is 12.9. The van der Waals surface area contributed by atoms with Gasteiger partial charge in [-0.1, -0.05) is 12.1 Å². The van der Waals surface area contributed by atoms with Gasteiger partial charge in [-0.3, -0.25) is 0 Å². The molecule has 1 aromatic heterocycles. The van der Waals surface area contributed by atoms with Crippen molar-refractivity contribution >= 4 is 39.3 Å². The number of benzene rings is 2. The maximum absolute atomic E-state index is 12.9. The largest absolute Gasteiger partial charge is 0.443 e. The van der Waals surface area contributed by atoms with Crippen LogP contribution in [0.1, 0.15) is 20.8 Å². The van der Waals surface area contributed by atoms with Crippen LogP contribution in [-0.4, -0.2) is 37.4 Å². The fraction of sp³-hybridized carbons (Fsp3) is 0.350. The molecule has 3 aromatic rings. The van der Waals surface area contributed by atoms with Crippen LogP contribution in [-0.2, 0) is 4.74 Å². The Bertz CT molecular complexity index is 949. The van der Waals surface area contributed by atoms with Crippen LogP contribution in [0.25, 0.3) is 21.8 Å². The summed E-state index contributed by atoms with van der Waals surface area (Å²) in [5.41, 5.74) is 3.12. The smallest absolute Gasteiger partial charge is 0.419 e. The van der Waals surface area contributed by atoms with Gasteiger partial charge in [0.2, 0.25) is 0 Å². The third-order valence-corrected chi connectivity index (χ3v) is 4.13. The van der Waals surface area contributed by atoms with Gasteiger partial charge in [0.05, 0.1) is 11.0 Å². The lowest BCUT2D eigenvalue weighted by Gasteiger charge is -2.20. The highest BCUT2D eigenvalue weighted by molar-refractivity contribution is 6.13. The normalized spacial score (nSPS) is 11.8. The van der Waals surface area contributed by atoms with Crippen LogP contribution in [0.5, 0.6) is 0 Å². The molecule has 0 radical (unpaired) electrons. The Morgan fingerprint density at radius 3 is 2.20 bits per heavy atom. The molecule has 0 saturated carbocycles. The Morgan fingerprint density at radius 2 is 1.64 bits per heavy atom. The van der Waals surface area contributed by atoms with E-state index in [0.717, 1.165) is 33.2 Å². The van der Waals surface area contributed by atoms with E-state index >= 15 is 0 Å². The molecule has 0 saturated heterocycles. The molecule has 5 heteroatoms. The number of carbonyl (C=O) groups is 1. The predicted octanol–water partition coefficient (Wildman–Crippen LogP) is 4.69. The van der Waals surface area contributed by atoms with Gasteiger partial charge in [-0.25, -0.2) is 9.36 Å². The average molecular weight is 339 g/mol. The monoisotopic (exact) mass is 339 g/mol. The number of nitrogens with zero attached hydrogens (tertiary/aromatic N) is 2. The molecule has 0 aliphatic heterocycles. The summed E-state index contributed by atoms with van der Waals surface area (Å²) in [6.45, 7) is 5.63. The highest BCUT2D eigenvalue weighted by Gasteiger charge is 2.22. The Hall–Kier alpha value is -2.69. The van der Waals surface area contributed by atoms with Crippen LogP contribution in [0.2, 0.25) is 0 Å². The molecule has 0 spiro atoms. The number of carbonyl (C=O) groups excluding carboxylic acids is 1. The van der Waals surface area contributed by atoms with Gasteiger partial charge < -0.3 is 15.0 Å². The second-order valence-electron chi connectivity index (χ2n) is 7.39. The lowest BCUT2D eigenvalue weighted by Crippen LogP contribution is -2.27. The second kappa shape index (κ2) is 5.99. The van der Waals surface area contributed by atoms with Gasteiger partial charge in [-0.2, -0.15) is 0 Å². The number of hydrogen-bond acceptors (Lipinski definition) is 4. The summed E-state index contributed by atoms with van der Waals surface area (Å²) in [7, 11) is 5.84. The summed E-state index contributed by atoms with van der Waals surface area (Å²) >= 11 is 0. The first-order valence-corrected chi connectivity index (χ1v) is 8.38. The fourth-order valence-electron chi connectivity index (χ4n) is 2.94. The first-order chi connectivity index (χ1) is 11.7. The first kappa shape index (κ1) is 17.1. The number of rotatable bonds is 2. The molecule has 0 aliphatic rings. The van der Waals surface area contributed by atoms with Crippen molar-refractivity contribution in [3.8, 4) is 0 Å². The average Bonchev–Trinajstić information content (AvgIpc) is 2.85. The lowest BCUT2D eigenvalue weighted by atomic mass is 10.1. The predicted molar refractivity (Wildman–Crippen MR) is 105 cm³/mol. The summed E-state index contributed by atoms with van der Waals surface area (Å²) < 4.78 is 7.33. The van der Waals surface area contributed by atoms with E-state index in [0.29, 0.717) is 0 Å². The van der Waals surface area contributed by atoms with E-state index in [1.54, 1.807) is 4.57 Å². The fourth-order valence-corrected chi connectivity index (χ4v) is 2.94. The molecule has 0 fully saturated rings. The van der Waals surface area contributed by atoms with Gasteiger partial charge in [-0.05, 0) is 45.0 Å². The molecule has 0 unspecified atom stereocenters.